The lowest BCUT2D eigenvalue weighted by molar-refractivity contribution is -0.317. The van der Waals surface area contributed by atoms with Gasteiger partial charge < -0.3 is 53.7 Å². The molecule has 0 saturated carbocycles. The highest BCUT2D eigenvalue weighted by Gasteiger charge is 2.52. The minimum Gasteiger partial charge on any atom is -0.462 e. The molecule has 0 radical (unpaired) electrons. The Kier molecular flexibility index (Phi) is 14.9. The molecule has 50 heavy (non-hydrogen) atoms. The summed E-state index contributed by atoms with van der Waals surface area (Å²) in [6.45, 7) is 17.4. The number of carbonyl (C=O) groups excluding carboxylic acids is 2. The Hall–Kier alpha value is -1.26. The van der Waals surface area contributed by atoms with Gasteiger partial charge in [-0.15, -0.1) is 0 Å². The zero-order chi connectivity index (χ0) is 38.0. The third kappa shape index (κ3) is 9.45. The van der Waals surface area contributed by atoms with Gasteiger partial charge in [0.15, 0.2) is 12.6 Å². The Morgan fingerprint density at radius 2 is 1.50 bits per heavy atom. The van der Waals surface area contributed by atoms with Crippen molar-refractivity contribution in [2.24, 2.45) is 29.6 Å². The van der Waals surface area contributed by atoms with Gasteiger partial charge in [-0.05, 0) is 68.0 Å². The maximum atomic E-state index is 14.0. The van der Waals surface area contributed by atoms with Crippen LogP contribution in [-0.2, 0) is 38.0 Å². The number of methoxy groups -OCH3 is 1. The fourth-order valence-electron chi connectivity index (χ4n) is 8.40. The van der Waals surface area contributed by atoms with Crippen LogP contribution in [0.3, 0.4) is 0 Å². The van der Waals surface area contributed by atoms with E-state index in [0.29, 0.717) is 12.8 Å². The van der Waals surface area contributed by atoms with Crippen LogP contribution in [0, 0.1) is 29.6 Å². The minimum atomic E-state index is -1.71. The number of aliphatic hydroxyl groups is 4. The molecule has 3 aliphatic heterocycles. The maximum absolute atomic E-state index is 14.0. The van der Waals surface area contributed by atoms with Gasteiger partial charge in [-0.1, -0.05) is 34.6 Å². The van der Waals surface area contributed by atoms with Crippen molar-refractivity contribution in [1.29, 1.82) is 0 Å². The van der Waals surface area contributed by atoms with E-state index in [1.165, 1.54) is 7.11 Å². The molecule has 0 amide bonds. The molecule has 4 N–H and O–H groups in total. The Morgan fingerprint density at radius 1 is 0.880 bits per heavy atom. The monoisotopic (exact) mass is 717 g/mol. The second-order valence-corrected chi connectivity index (χ2v) is 16.2. The molecule has 0 aliphatic carbocycles. The van der Waals surface area contributed by atoms with Crippen LogP contribution in [0.2, 0.25) is 0 Å². The normalized spacial score (nSPS) is 49.0. The molecule has 3 fully saturated rings. The van der Waals surface area contributed by atoms with Crippen molar-refractivity contribution in [3.8, 4) is 0 Å². The van der Waals surface area contributed by atoms with E-state index in [9.17, 15) is 30.0 Å². The number of carbonyl (C=O) groups is 2. The third-order valence-electron chi connectivity index (χ3n) is 11.9. The fourth-order valence-corrected chi connectivity index (χ4v) is 8.40. The van der Waals surface area contributed by atoms with Crippen molar-refractivity contribution < 1.29 is 58.4 Å². The lowest BCUT2D eigenvalue weighted by Crippen LogP contribution is -2.60. The van der Waals surface area contributed by atoms with Gasteiger partial charge >= 0.3 is 5.97 Å². The number of likely N-dealkylation sites (N-methyl/N-ethyl adjacent to an activating group) is 1. The van der Waals surface area contributed by atoms with Crippen molar-refractivity contribution in [2.75, 3.05) is 21.2 Å². The van der Waals surface area contributed by atoms with Crippen LogP contribution in [0.1, 0.15) is 94.9 Å². The van der Waals surface area contributed by atoms with Crippen LogP contribution in [0.5, 0.6) is 0 Å². The van der Waals surface area contributed by atoms with Crippen LogP contribution >= 0.6 is 0 Å². The summed E-state index contributed by atoms with van der Waals surface area (Å²) in [6.07, 6.45) is -8.06. The molecule has 0 unspecified atom stereocenters. The van der Waals surface area contributed by atoms with E-state index in [0.717, 1.165) is 0 Å². The first-order valence-electron chi connectivity index (χ1n) is 18.4. The number of aliphatic hydroxyl groups excluding tert-OH is 3. The summed E-state index contributed by atoms with van der Waals surface area (Å²) in [6, 6.07) is -0.0759. The van der Waals surface area contributed by atoms with Crippen LogP contribution in [-0.4, -0.2) is 137 Å². The van der Waals surface area contributed by atoms with Gasteiger partial charge in [0, 0.05) is 43.2 Å². The summed E-state index contributed by atoms with van der Waals surface area (Å²) in [7, 11) is 5.32. The highest BCUT2D eigenvalue weighted by atomic mass is 16.7. The molecule has 18 atom stereocenters. The quantitative estimate of drug-likeness (QED) is 0.284. The zero-order valence-electron chi connectivity index (χ0n) is 32.6. The number of ether oxygens (including phenoxy) is 6. The first-order valence-corrected chi connectivity index (χ1v) is 18.4. The molecule has 3 heterocycles. The second kappa shape index (κ2) is 17.3. The number of hydrogen-bond acceptors (Lipinski definition) is 13. The Labute approximate surface area is 299 Å². The van der Waals surface area contributed by atoms with E-state index in [2.05, 4.69) is 0 Å². The lowest BCUT2D eigenvalue weighted by atomic mass is 9.74. The summed E-state index contributed by atoms with van der Waals surface area (Å²) >= 11 is 0. The molecule has 3 aliphatic rings. The Balaban J connectivity index is 2.13. The van der Waals surface area contributed by atoms with E-state index in [1.54, 1.807) is 55.4 Å². The van der Waals surface area contributed by atoms with Gasteiger partial charge in [0.1, 0.15) is 24.1 Å². The van der Waals surface area contributed by atoms with Gasteiger partial charge in [-0.3, -0.25) is 9.59 Å². The molecule has 0 aromatic carbocycles. The lowest BCUT2D eigenvalue weighted by Gasteiger charge is -2.48. The molecule has 0 spiro atoms. The van der Waals surface area contributed by atoms with Gasteiger partial charge in [-0.25, -0.2) is 0 Å². The van der Waals surface area contributed by atoms with Crippen LogP contribution < -0.4 is 0 Å². The van der Waals surface area contributed by atoms with Crippen molar-refractivity contribution in [3.05, 3.63) is 0 Å². The number of rotatable bonds is 7. The third-order valence-corrected chi connectivity index (χ3v) is 11.9. The van der Waals surface area contributed by atoms with Gasteiger partial charge in [-0.2, -0.15) is 0 Å². The number of hydrogen-bond donors (Lipinski definition) is 4. The fraction of sp³-hybridized carbons (Fsp3) is 0.946. The topological polar surface area (TPSA) is 174 Å². The first kappa shape index (κ1) is 43.1. The minimum absolute atomic E-state index is 0.0430. The Morgan fingerprint density at radius 3 is 2.06 bits per heavy atom. The number of cyclic esters (lactones) is 1. The summed E-state index contributed by atoms with van der Waals surface area (Å²) in [5.74, 6) is -4.57. The molecule has 3 saturated heterocycles. The van der Waals surface area contributed by atoms with Crippen molar-refractivity contribution in [3.63, 3.8) is 0 Å². The molecule has 13 nitrogen and oxygen atoms in total. The van der Waals surface area contributed by atoms with Crippen LogP contribution in [0.15, 0.2) is 0 Å². The maximum Gasteiger partial charge on any atom is 0.311 e. The molecule has 292 valence electrons. The molecule has 0 aromatic rings. The second-order valence-electron chi connectivity index (χ2n) is 16.2. The summed E-state index contributed by atoms with van der Waals surface area (Å²) in [5, 5.41) is 45.8. The van der Waals surface area contributed by atoms with Gasteiger partial charge in [0.2, 0.25) is 0 Å². The summed E-state index contributed by atoms with van der Waals surface area (Å²) < 4.78 is 37.3. The number of Topliss-reactive ketones (excluding diaryl/α,β-unsaturated/α-hetero) is 1. The highest BCUT2D eigenvalue weighted by molar-refractivity contribution is 5.83. The zero-order valence-corrected chi connectivity index (χ0v) is 32.6. The van der Waals surface area contributed by atoms with E-state index in [1.807, 2.05) is 32.8 Å². The summed E-state index contributed by atoms with van der Waals surface area (Å²) in [5.41, 5.74) is -2.72. The van der Waals surface area contributed by atoms with Crippen LogP contribution in [0.4, 0.5) is 0 Å². The van der Waals surface area contributed by atoms with Gasteiger partial charge in [0.05, 0.1) is 47.6 Å². The van der Waals surface area contributed by atoms with E-state index in [-0.39, 0.29) is 30.8 Å². The number of ketones is 1. The highest BCUT2D eigenvalue weighted by Crippen LogP contribution is 2.40. The largest absolute Gasteiger partial charge is 0.462 e. The SMILES string of the molecule is CC[C@H]1OC(=O)[C@H](C)[C@@H](O[C@H]2C[C@](C)(OC)[C@H](O)[C@@H](C)O2)[C@H](C)[C@@H](O[C@H]2O[C@@H](C)[C@@H](N(C)C)C[C@@H]2O)[C@](C)(O)C[C@@H](C)C(=O)[C@H](C)[C@@H](O)[C@H]1C. The average Bonchev–Trinajstić information content (AvgIpc) is 3.05. The Bertz CT molecular complexity index is 1120. The van der Waals surface area contributed by atoms with Crippen molar-refractivity contribution >= 4 is 11.8 Å². The number of nitrogens with zero attached hydrogens (tertiary/aromatic N) is 1. The van der Waals surface area contributed by atoms with Crippen LogP contribution in [0.25, 0.3) is 0 Å². The molecule has 0 aromatic heterocycles. The molecule has 13 heteroatoms. The van der Waals surface area contributed by atoms with Gasteiger partial charge in [0.25, 0.3) is 0 Å². The average molecular weight is 718 g/mol. The van der Waals surface area contributed by atoms with Crippen molar-refractivity contribution in [2.45, 2.75) is 174 Å². The standard InChI is InChI=1S/C37H67NO12/c1-14-27-19(3)30(41)20(4)29(40)18(2)16-36(9,44)33(50-35-26(39)15-25(38(11)12)23(7)47-35)21(5)31(22(6)34(43)48-27)49-28-17-37(10,45-13)32(42)24(8)46-28/h18-28,30-33,35,39,41-42,44H,14-17H2,1-13H3/t18-,19+,20+,21+,22-,23+,24-,25+,26+,27-,28+,30+,31+,32-,33-,35-,36-,37+/m1/s1. The van der Waals surface area contributed by atoms with E-state index < -0.39 is 102 Å². The van der Waals surface area contributed by atoms with Crippen molar-refractivity contribution in [1.82, 2.24) is 4.90 Å². The predicted octanol–water partition coefficient (Wildman–Crippen LogP) is 2.67. The summed E-state index contributed by atoms with van der Waals surface area (Å²) in [4.78, 5) is 29.8. The smallest absolute Gasteiger partial charge is 0.311 e. The number of esters is 1. The molecule has 0 bridgehead atoms. The molecular weight excluding hydrogens is 650 g/mol. The first-order chi connectivity index (χ1) is 23.1. The van der Waals surface area contributed by atoms with E-state index in [4.69, 9.17) is 28.4 Å². The molecule has 3 rings (SSSR count). The van der Waals surface area contributed by atoms with E-state index >= 15 is 0 Å². The molecular formula is C37H67NO12. The predicted molar refractivity (Wildman–Crippen MR) is 185 cm³/mol.